The van der Waals surface area contributed by atoms with Crippen molar-refractivity contribution in [2.75, 3.05) is 13.1 Å². The van der Waals surface area contributed by atoms with Crippen LogP contribution in [0.25, 0.3) is 0 Å². The maximum atomic E-state index is 12.4. The lowest BCUT2D eigenvalue weighted by Gasteiger charge is -2.39. The molecule has 3 heteroatoms. The Morgan fingerprint density at radius 3 is 2.62 bits per heavy atom. The molecular weight excluding hydrogens is 200 g/mol. The molecule has 0 heterocycles. The Labute approximate surface area is 99.4 Å². The van der Waals surface area contributed by atoms with E-state index in [9.17, 15) is 4.79 Å². The zero-order chi connectivity index (χ0) is 12.2. The first-order valence-electron chi connectivity index (χ1n) is 6.60. The first kappa shape index (κ1) is 13.5. The summed E-state index contributed by atoms with van der Waals surface area (Å²) < 4.78 is 0. The molecule has 16 heavy (non-hydrogen) atoms. The Morgan fingerprint density at radius 1 is 1.44 bits per heavy atom. The molecule has 0 aromatic heterocycles. The summed E-state index contributed by atoms with van der Waals surface area (Å²) in [6.07, 6.45) is 5.27. The zero-order valence-corrected chi connectivity index (χ0v) is 11.0. The molecule has 2 N–H and O–H groups in total. The van der Waals surface area contributed by atoms with E-state index in [1.807, 2.05) is 18.7 Å². The maximum absolute atomic E-state index is 12.4. The van der Waals surface area contributed by atoms with Crippen molar-refractivity contribution in [2.45, 2.75) is 58.4 Å². The first-order chi connectivity index (χ1) is 7.53. The second-order valence-corrected chi connectivity index (χ2v) is 5.22. The van der Waals surface area contributed by atoms with E-state index >= 15 is 0 Å². The van der Waals surface area contributed by atoms with Crippen LogP contribution in [0.3, 0.4) is 0 Å². The number of hydrogen-bond acceptors (Lipinski definition) is 2. The molecule has 1 amide bonds. The Morgan fingerprint density at radius 2 is 2.12 bits per heavy atom. The molecule has 0 radical (unpaired) electrons. The molecule has 2 unspecified atom stereocenters. The Bertz CT molecular complexity index is 238. The standard InChI is InChI=1S/C13H26N2O/c1-4-10-15(5-2)12(16)11-8-6-7-9-13(11,3)14/h11H,4-10,14H2,1-3H3. The van der Waals surface area contributed by atoms with E-state index in [1.54, 1.807) is 0 Å². The average Bonchev–Trinajstić information content (AvgIpc) is 2.24. The summed E-state index contributed by atoms with van der Waals surface area (Å²) in [4.78, 5) is 14.3. The highest BCUT2D eigenvalue weighted by atomic mass is 16.2. The second-order valence-electron chi connectivity index (χ2n) is 5.22. The molecule has 1 aliphatic rings. The van der Waals surface area contributed by atoms with E-state index in [0.717, 1.165) is 45.2 Å². The van der Waals surface area contributed by atoms with Gasteiger partial charge in [0.1, 0.15) is 0 Å². The summed E-state index contributed by atoms with van der Waals surface area (Å²) >= 11 is 0. The highest BCUT2D eigenvalue weighted by Crippen LogP contribution is 2.32. The highest BCUT2D eigenvalue weighted by Gasteiger charge is 2.39. The van der Waals surface area contributed by atoms with Crippen molar-refractivity contribution in [2.24, 2.45) is 11.7 Å². The minimum Gasteiger partial charge on any atom is -0.343 e. The van der Waals surface area contributed by atoms with E-state index in [1.165, 1.54) is 0 Å². The lowest BCUT2D eigenvalue weighted by atomic mass is 9.74. The van der Waals surface area contributed by atoms with E-state index < -0.39 is 0 Å². The van der Waals surface area contributed by atoms with E-state index in [4.69, 9.17) is 5.73 Å². The Balaban J connectivity index is 2.70. The van der Waals surface area contributed by atoms with Crippen molar-refractivity contribution in [1.29, 1.82) is 0 Å². The quantitative estimate of drug-likeness (QED) is 0.798. The summed E-state index contributed by atoms with van der Waals surface area (Å²) in [6.45, 7) is 7.86. The van der Waals surface area contributed by atoms with Crippen LogP contribution in [0.4, 0.5) is 0 Å². The molecule has 1 aliphatic carbocycles. The summed E-state index contributed by atoms with van der Waals surface area (Å²) in [6, 6.07) is 0. The van der Waals surface area contributed by atoms with Gasteiger partial charge in [-0.15, -0.1) is 0 Å². The molecule has 0 aliphatic heterocycles. The van der Waals surface area contributed by atoms with Crippen LogP contribution in [0, 0.1) is 5.92 Å². The minimum atomic E-state index is -0.295. The van der Waals surface area contributed by atoms with E-state index in [2.05, 4.69) is 6.92 Å². The molecular formula is C13H26N2O. The number of carbonyl (C=O) groups is 1. The highest BCUT2D eigenvalue weighted by molar-refractivity contribution is 5.80. The van der Waals surface area contributed by atoms with Crippen LogP contribution in [0.5, 0.6) is 0 Å². The lowest BCUT2D eigenvalue weighted by molar-refractivity contribution is -0.138. The fraction of sp³-hybridized carbons (Fsp3) is 0.923. The van der Waals surface area contributed by atoms with Gasteiger partial charge in [-0.2, -0.15) is 0 Å². The largest absolute Gasteiger partial charge is 0.343 e. The fourth-order valence-electron chi connectivity index (χ4n) is 2.68. The van der Waals surface area contributed by atoms with Gasteiger partial charge in [0.2, 0.25) is 5.91 Å². The average molecular weight is 226 g/mol. The molecule has 1 fully saturated rings. The van der Waals surface area contributed by atoms with Crippen LogP contribution in [-0.4, -0.2) is 29.4 Å². The van der Waals surface area contributed by atoms with Crippen molar-refractivity contribution in [3.8, 4) is 0 Å². The van der Waals surface area contributed by atoms with Gasteiger partial charge in [-0.25, -0.2) is 0 Å². The monoisotopic (exact) mass is 226 g/mol. The number of nitrogens with two attached hydrogens (primary N) is 1. The third kappa shape index (κ3) is 2.97. The molecule has 3 nitrogen and oxygen atoms in total. The van der Waals surface area contributed by atoms with Gasteiger partial charge in [0.25, 0.3) is 0 Å². The molecule has 1 rings (SSSR count). The van der Waals surface area contributed by atoms with Crippen molar-refractivity contribution in [3.63, 3.8) is 0 Å². The molecule has 94 valence electrons. The van der Waals surface area contributed by atoms with Crippen molar-refractivity contribution >= 4 is 5.91 Å². The maximum Gasteiger partial charge on any atom is 0.227 e. The van der Waals surface area contributed by atoms with Crippen LogP contribution in [-0.2, 0) is 4.79 Å². The minimum absolute atomic E-state index is 0.0350. The summed E-state index contributed by atoms with van der Waals surface area (Å²) in [7, 11) is 0. The summed E-state index contributed by atoms with van der Waals surface area (Å²) in [5, 5.41) is 0. The smallest absolute Gasteiger partial charge is 0.227 e. The van der Waals surface area contributed by atoms with Crippen molar-refractivity contribution in [3.05, 3.63) is 0 Å². The van der Waals surface area contributed by atoms with E-state index in [-0.39, 0.29) is 17.4 Å². The molecule has 0 spiro atoms. The number of amides is 1. The predicted molar refractivity (Wildman–Crippen MR) is 67.1 cm³/mol. The fourth-order valence-corrected chi connectivity index (χ4v) is 2.68. The number of carbonyl (C=O) groups excluding carboxylic acids is 1. The number of rotatable bonds is 4. The van der Waals surface area contributed by atoms with Gasteiger partial charge >= 0.3 is 0 Å². The zero-order valence-electron chi connectivity index (χ0n) is 11.0. The van der Waals surface area contributed by atoms with Crippen molar-refractivity contribution < 1.29 is 4.79 Å². The molecule has 0 saturated heterocycles. The van der Waals surface area contributed by atoms with Gasteiger partial charge in [0, 0.05) is 18.6 Å². The van der Waals surface area contributed by atoms with Gasteiger partial charge in [0.15, 0.2) is 0 Å². The predicted octanol–water partition coefficient (Wildman–Crippen LogP) is 2.15. The van der Waals surface area contributed by atoms with Gasteiger partial charge in [-0.3, -0.25) is 4.79 Å². The summed E-state index contributed by atoms with van der Waals surface area (Å²) in [5.41, 5.74) is 5.97. The topological polar surface area (TPSA) is 46.3 Å². The molecule has 1 saturated carbocycles. The molecule has 0 aromatic carbocycles. The van der Waals surface area contributed by atoms with Crippen LogP contribution < -0.4 is 5.73 Å². The second kappa shape index (κ2) is 5.67. The normalized spacial score (nSPS) is 30.1. The number of nitrogens with zero attached hydrogens (tertiary/aromatic N) is 1. The van der Waals surface area contributed by atoms with Gasteiger partial charge in [-0.1, -0.05) is 19.8 Å². The molecule has 2 atom stereocenters. The SMILES string of the molecule is CCCN(CC)C(=O)C1CCCCC1(C)N. The van der Waals surface area contributed by atoms with Crippen LogP contribution >= 0.6 is 0 Å². The van der Waals surface area contributed by atoms with Gasteiger partial charge in [0.05, 0.1) is 5.92 Å². The molecule has 0 aromatic rings. The third-order valence-corrected chi connectivity index (χ3v) is 3.74. The summed E-state index contributed by atoms with van der Waals surface area (Å²) in [5.74, 6) is 0.307. The lowest BCUT2D eigenvalue weighted by Crippen LogP contribution is -2.53. The van der Waals surface area contributed by atoms with E-state index in [0.29, 0.717) is 0 Å². The Kier molecular flexibility index (Phi) is 4.78. The van der Waals surface area contributed by atoms with Crippen LogP contribution in [0.2, 0.25) is 0 Å². The first-order valence-corrected chi connectivity index (χ1v) is 6.60. The third-order valence-electron chi connectivity index (χ3n) is 3.74. The van der Waals surface area contributed by atoms with Gasteiger partial charge in [-0.05, 0) is 33.1 Å². The van der Waals surface area contributed by atoms with Crippen LogP contribution in [0.1, 0.15) is 52.9 Å². The number of hydrogen-bond donors (Lipinski definition) is 1. The van der Waals surface area contributed by atoms with Crippen molar-refractivity contribution in [1.82, 2.24) is 4.90 Å². The van der Waals surface area contributed by atoms with Crippen LogP contribution in [0.15, 0.2) is 0 Å². The Hall–Kier alpha value is -0.570. The molecule has 0 bridgehead atoms. The van der Waals surface area contributed by atoms with Gasteiger partial charge < -0.3 is 10.6 Å².